The van der Waals surface area contributed by atoms with E-state index < -0.39 is 24.6 Å². The average Bonchev–Trinajstić information content (AvgIpc) is 3.01. The van der Waals surface area contributed by atoms with E-state index in [1.54, 1.807) is 29.9 Å². The van der Waals surface area contributed by atoms with Gasteiger partial charge < -0.3 is 9.30 Å². The van der Waals surface area contributed by atoms with Crippen molar-refractivity contribution < 1.29 is 27.5 Å². The van der Waals surface area contributed by atoms with Gasteiger partial charge in [0.2, 0.25) is 0 Å². The van der Waals surface area contributed by atoms with Crippen molar-refractivity contribution in [2.24, 2.45) is 7.05 Å². The topological polar surface area (TPSA) is 72.4 Å². The Morgan fingerprint density at radius 1 is 1.00 bits per heavy atom. The molecule has 2 aromatic carbocycles. The highest BCUT2D eigenvalue weighted by molar-refractivity contribution is 6.07. The first-order chi connectivity index (χ1) is 13.2. The van der Waals surface area contributed by atoms with Crippen LogP contribution in [0.4, 0.5) is 13.2 Å². The van der Waals surface area contributed by atoms with E-state index in [0.717, 1.165) is 10.9 Å². The Hall–Kier alpha value is -3.49. The number of benzene rings is 2. The summed E-state index contributed by atoms with van der Waals surface area (Å²) in [7, 11) is 1.81. The summed E-state index contributed by atoms with van der Waals surface area (Å²) in [6.45, 7) is -1.42. The minimum absolute atomic E-state index is 0.0198. The van der Waals surface area contributed by atoms with Crippen LogP contribution in [0.3, 0.4) is 0 Å². The molecule has 2 N–H and O–H groups in total. The predicted molar refractivity (Wildman–Crippen MR) is 95.8 cm³/mol. The van der Waals surface area contributed by atoms with Crippen molar-refractivity contribution in [3.05, 3.63) is 65.9 Å². The molecule has 6 nitrogen and oxygen atoms in total. The van der Waals surface area contributed by atoms with Crippen molar-refractivity contribution in [3.63, 3.8) is 0 Å². The number of aromatic nitrogens is 1. The lowest BCUT2D eigenvalue weighted by Gasteiger charge is -2.10. The average molecular weight is 391 g/mol. The maximum Gasteiger partial charge on any atom is 0.422 e. The van der Waals surface area contributed by atoms with Crippen molar-refractivity contribution in [3.8, 4) is 5.75 Å². The van der Waals surface area contributed by atoms with Crippen LogP contribution in [0.5, 0.6) is 5.75 Å². The lowest BCUT2D eigenvalue weighted by molar-refractivity contribution is -0.153. The molecule has 0 atom stereocenters. The molecule has 0 saturated carbocycles. The highest BCUT2D eigenvalue weighted by atomic mass is 19.4. The van der Waals surface area contributed by atoms with Gasteiger partial charge in [0.25, 0.3) is 11.8 Å². The first-order valence-electron chi connectivity index (χ1n) is 8.19. The molecule has 0 unspecified atom stereocenters. The number of aryl methyl sites for hydroxylation is 1. The number of carbonyl (C=O) groups is 2. The van der Waals surface area contributed by atoms with E-state index in [9.17, 15) is 22.8 Å². The molecule has 0 radical (unpaired) electrons. The number of ether oxygens (including phenoxy) is 1. The summed E-state index contributed by atoms with van der Waals surface area (Å²) in [5.74, 6) is -1.13. The standard InChI is InChI=1S/C19H16F3N3O3/c1-25-10-15(14-4-2-3-5-16(14)25)18(27)24-23-17(26)12-6-8-13(9-7-12)28-11-19(20,21)22/h2-10H,11H2,1H3,(H,23,26)(H,24,27). The van der Waals surface area contributed by atoms with Crippen LogP contribution in [0, 0.1) is 0 Å². The first-order valence-corrected chi connectivity index (χ1v) is 8.19. The molecular formula is C19H16F3N3O3. The third-order valence-electron chi connectivity index (χ3n) is 3.95. The van der Waals surface area contributed by atoms with E-state index in [1.807, 2.05) is 12.1 Å². The van der Waals surface area contributed by atoms with E-state index in [1.165, 1.54) is 24.3 Å². The number of alkyl halides is 3. The number of hydrazine groups is 1. The third kappa shape index (κ3) is 4.43. The lowest BCUT2D eigenvalue weighted by Crippen LogP contribution is -2.41. The van der Waals surface area contributed by atoms with Gasteiger partial charge in [0.05, 0.1) is 5.56 Å². The van der Waals surface area contributed by atoms with Crippen molar-refractivity contribution in [1.29, 1.82) is 0 Å². The fraction of sp³-hybridized carbons (Fsp3) is 0.158. The van der Waals surface area contributed by atoms with Gasteiger partial charge in [0.15, 0.2) is 6.61 Å². The van der Waals surface area contributed by atoms with E-state index >= 15 is 0 Å². The second-order valence-corrected chi connectivity index (χ2v) is 6.01. The quantitative estimate of drug-likeness (QED) is 0.671. The highest BCUT2D eigenvalue weighted by Gasteiger charge is 2.28. The Kier molecular flexibility index (Phi) is 5.25. The molecule has 1 heterocycles. The smallest absolute Gasteiger partial charge is 0.422 e. The van der Waals surface area contributed by atoms with Crippen LogP contribution in [0.25, 0.3) is 10.9 Å². The van der Waals surface area contributed by atoms with Crippen LogP contribution in [-0.4, -0.2) is 29.2 Å². The number of halogens is 3. The number of para-hydroxylation sites is 1. The second-order valence-electron chi connectivity index (χ2n) is 6.01. The molecular weight excluding hydrogens is 375 g/mol. The minimum Gasteiger partial charge on any atom is -0.484 e. The largest absolute Gasteiger partial charge is 0.484 e. The Bertz CT molecular complexity index is 1010. The van der Waals surface area contributed by atoms with Gasteiger partial charge in [-0.15, -0.1) is 0 Å². The molecule has 3 aromatic rings. The predicted octanol–water partition coefficient (Wildman–Crippen LogP) is 3.19. The molecule has 0 aliphatic rings. The number of hydrogen-bond donors (Lipinski definition) is 2. The van der Waals surface area contributed by atoms with Gasteiger partial charge in [-0.3, -0.25) is 20.4 Å². The monoisotopic (exact) mass is 391 g/mol. The molecule has 2 amide bonds. The lowest BCUT2D eigenvalue weighted by atomic mass is 10.2. The van der Waals surface area contributed by atoms with Crippen LogP contribution in [0.2, 0.25) is 0 Å². The van der Waals surface area contributed by atoms with Crippen LogP contribution < -0.4 is 15.6 Å². The molecule has 0 spiro atoms. The van der Waals surface area contributed by atoms with Gasteiger partial charge in [0.1, 0.15) is 5.75 Å². The third-order valence-corrected chi connectivity index (χ3v) is 3.95. The number of rotatable bonds is 4. The normalized spacial score (nSPS) is 11.3. The highest BCUT2D eigenvalue weighted by Crippen LogP contribution is 2.20. The van der Waals surface area contributed by atoms with Crippen LogP contribution >= 0.6 is 0 Å². The fourth-order valence-corrected chi connectivity index (χ4v) is 2.64. The maximum absolute atomic E-state index is 12.4. The van der Waals surface area contributed by atoms with E-state index in [-0.39, 0.29) is 11.3 Å². The van der Waals surface area contributed by atoms with E-state index in [4.69, 9.17) is 0 Å². The molecule has 28 heavy (non-hydrogen) atoms. The van der Waals surface area contributed by atoms with E-state index in [0.29, 0.717) is 5.56 Å². The summed E-state index contributed by atoms with van der Waals surface area (Å²) in [5, 5.41) is 0.739. The van der Waals surface area contributed by atoms with Gasteiger partial charge >= 0.3 is 6.18 Å². The van der Waals surface area contributed by atoms with Crippen LogP contribution in [-0.2, 0) is 7.05 Å². The van der Waals surface area contributed by atoms with Gasteiger partial charge in [-0.1, -0.05) is 18.2 Å². The van der Waals surface area contributed by atoms with Crippen LogP contribution in [0.1, 0.15) is 20.7 Å². The summed E-state index contributed by atoms with van der Waals surface area (Å²) < 4.78 is 42.8. The number of carbonyl (C=O) groups excluding carboxylic acids is 2. The van der Waals surface area contributed by atoms with Crippen molar-refractivity contribution in [2.75, 3.05) is 6.61 Å². The summed E-state index contributed by atoms with van der Waals surface area (Å²) in [5.41, 5.74) is 6.03. The number of hydrogen-bond acceptors (Lipinski definition) is 3. The van der Waals surface area contributed by atoms with Gasteiger partial charge in [0, 0.05) is 29.7 Å². The fourth-order valence-electron chi connectivity index (χ4n) is 2.64. The number of nitrogens with zero attached hydrogens (tertiary/aromatic N) is 1. The SMILES string of the molecule is Cn1cc(C(=O)NNC(=O)c2ccc(OCC(F)(F)F)cc2)c2ccccc21. The molecule has 1 aromatic heterocycles. The summed E-state index contributed by atoms with van der Waals surface area (Å²) in [4.78, 5) is 24.5. The second kappa shape index (κ2) is 7.63. The van der Waals surface area contributed by atoms with Gasteiger partial charge in [-0.2, -0.15) is 13.2 Å². The van der Waals surface area contributed by atoms with Gasteiger partial charge in [-0.25, -0.2) is 0 Å². The molecule has 146 valence electrons. The van der Waals surface area contributed by atoms with Crippen molar-refractivity contribution in [1.82, 2.24) is 15.4 Å². The van der Waals surface area contributed by atoms with E-state index in [2.05, 4.69) is 15.6 Å². The Morgan fingerprint density at radius 2 is 1.64 bits per heavy atom. The minimum atomic E-state index is -4.44. The first kappa shape index (κ1) is 19.3. The number of nitrogens with one attached hydrogen (secondary N) is 2. The molecule has 9 heteroatoms. The summed E-state index contributed by atoms with van der Waals surface area (Å²) in [6, 6.07) is 12.4. The summed E-state index contributed by atoms with van der Waals surface area (Å²) in [6.07, 6.45) is -2.79. The number of fused-ring (bicyclic) bond motifs is 1. The van der Waals surface area contributed by atoms with Crippen molar-refractivity contribution in [2.45, 2.75) is 6.18 Å². The molecule has 0 bridgehead atoms. The number of amides is 2. The maximum atomic E-state index is 12.4. The zero-order valence-electron chi connectivity index (χ0n) is 14.7. The summed E-state index contributed by atoms with van der Waals surface area (Å²) >= 11 is 0. The zero-order chi connectivity index (χ0) is 20.3. The Labute approximate surface area is 157 Å². The molecule has 0 saturated heterocycles. The molecule has 3 rings (SSSR count). The Morgan fingerprint density at radius 3 is 2.32 bits per heavy atom. The molecule has 0 fully saturated rings. The van der Waals surface area contributed by atoms with Gasteiger partial charge in [-0.05, 0) is 30.3 Å². The zero-order valence-corrected chi connectivity index (χ0v) is 14.7. The molecule has 0 aliphatic heterocycles. The molecule has 0 aliphatic carbocycles. The van der Waals surface area contributed by atoms with Crippen LogP contribution in [0.15, 0.2) is 54.7 Å². The Balaban J connectivity index is 1.61. The van der Waals surface area contributed by atoms with Crippen molar-refractivity contribution >= 4 is 22.7 Å².